The van der Waals surface area contributed by atoms with E-state index in [9.17, 15) is 0 Å². The second-order valence-corrected chi connectivity index (χ2v) is 3.06. The maximum Gasteiger partial charge on any atom is -0.000778 e. The molecule has 10 heavy (non-hydrogen) atoms. The van der Waals surface area contributed by atoms with Crippen LogP contribution in [0.2, 0.25) is 0 Å². The fraction of sp³-hybridized carbons (Fsp3) is 1.00. The average Bonchev–Trinajstić information content (AvgIpc) is 1.84. The van der Waals surface area contributed by atoms with Crippen LogP contribution in [0.5, 0.6) is 0 Å². The van der Waals surface area contributed by atoms with Gasteiger partial charge < -0.3 is 10.6 Å². The third-order valence-corrected chi connectivity index (χ3v) is 2.02. The van der Waals surface area contributed by atoms with Gasteiger partial charge in [-0.15, -0.1) is 0 Å². The maximum absolute atomic E-state index is 3.41. The number of nitrogens with one attached hydrogen (secondary N) is 2. The Morgan fingerprint density at radius 3 is 2.70 bits per heavy atom. The van der Waals surface area contributed by atoms with Gasteiger partial charge in [0.2, 0.25) is 0 Å². The normalized spacial score (nSPS) is 18.9. The topological polar surface area (TPSA) is 24.1 Å². The highest BCUT2D eigenvalue weighted by atomic mass is 15.0. The molecule has 0 atom stereocenters. The van der Waals surface area contributed by atoms with E-state index >= 15 is 0 Å². The van der Waals surface area contributed by atoms with Crippen LogP contribution in [0, 0.1) is 5.92 Å². The summed E-state index contributed by atoms with van der Waals surface area (Å²) in [5, 5.41) is 6.68. The molecular weight excluding hydrogens is 124 g/mol. The van der Waals surface area contributed by atoms with Crippen LogP contribution in [0.1, 0.15) is 19.8 Å². The Hall–Kier alpha value is -0.0800. The Bertz CT molecular complexity index is 79.3. The van der Waals surface area contributed by atoms with E-state index in [2.05, 4.69) is 17.6 Å². The molecule has 0 amide bonds. The van der Waals surface area contributed by atoms with E-state index in [-0.39, 0.29) is 0 Å². The molecule has 2 N–H and O–H groups in total. The van der Waals surface area contributed by atoms with Crippen molar-refractivity contribution in [1.29, 1.82) is 0 Å². The smallest absolute Gasteiger partial charge is 0.000778 e. The summed E-state index contributed by atoms with van der Waals surface area (Å²) in [4.78, 5) is 0. The second kappa shape index (κ2) is 4.69. The van der Waals surface area contributed by atoms with Crippen molar-refractivity contribution in [2.45, 2.75) is 19.8 Å². The van der Waals surface area contributed by atoms with Crippen molar-refractivity contribution in [3.05, 3.63) is 0 Å². The van der Waals surface area contributed by atoms with Gasteiger partial charge >= 0.3 is 0 Å². The van der Waals surface area contributed by atoms with Gasteiger partial charge in [0.05, 0.1) is 0 Å². The Labute approximate surface area is 63.4 Å². The number of rotatable bonds is 5. The van der Waals surface area contributed by atoms with E-state index in [1.54, 1.807) is 0 Å². The molecule has 0 radical (unpaired) electrons. The maximum atomic E-state index is 3.41. The average molecular weight is 142 g/mol. The van der Waals surface area contributed by atoms with Gasteiger partial charge in [-0.3, -0.25) is 0 Å². The zero-order valence-electron chi connectivity index (χ0n) is 6.82. The van der Waals surface area contributed by atoms with Crippen LogP contribution in [0.25, 0.3) is 0 Å². The minimum Gasteiger partial charge on any atom is -0.317 e. The predicted octanol–water partition coefficient (Wildman–Crippen LogP) is 0.595. The van der Waals surface area contributed by atoms with Crippen LogP contribution >= 0.6 is 0 Å². The highest BCUT2D eigenvalue weighted by molar-refractivity contribution is 4.74. The molecule has 0 aromatic carbocycles. The fourth-order valence-corrected chi connectivity index (χ4v) is 1.16. The predicted molar refractivity (Wildman–Crippen MR) is 44.1 cm³/mol. The first-order valence-corrected chi connectivity index (χ1v) is 4.35. The van der Waals surface area contributed by atoms with Crippen LogP contribution < -0.4 is 10.6 Å². The van der Waals surface area contributed by atoms with E-state index in [1.165, 1.54) is 39.0 Å². The summed E-state index contributed by atoms with van der Waals surface area (Å²) in [6, 6.07) is 0. The molecule has 1 aliphatic heterocycles. The van der Waals surface area contributed by atoms with Gasteiger partial charge in [0.25, 0.3) is 0 Å². The Kier molecular flexibility index (Phi) is 3.76. The molecule has 2 heteroatoms. The van der Waals surface area contributed by atoms with Crippen molar-refractivity contribution in [2.75, 3.05) is 26.2 Å². The van der Waals surface area contributed by atoms with Crippen molar-refractivity contribution in [3.8, 4) is 0 Å². The van der Waals surface area contributed by atoms with Gasteiger partial charge in [0.1, 0.15) is 0 Å². The molecule has 0 aromatic rings. The monoisotopic (exact) mass is 142 g/mol. The van der Waals surface area contributed by atoms with Crippen molar-refractivity contribution in [2.24, 2.45) is 5.92 Å². The number of hydrogen-bond acceptors (Lipinski definition) is 2. The molecule has 1 aliphatic rings. The summed E-state index contributed by atoms with van der Waals surface area (Å²) in [5.74, 6) is 0.962. The molecule has 1 heterocycles. The molecule has 0 aromatic heterocycles. The molecule has 1 rings (SSSR count). The summed E-state index contributed by atoms with van der Waals surface area (Å²) < 4.78 is 0. The summed E-state index contributed by atoms with van der Waals surface area (Å²) in [5.41, 5.74) is 0. The highest BCUT2D eigenvalue weighted by Crippen LogP contribution is 2.05. The first kappa shape index (κ1) is 8.02. The summed E-state index contributed by atoms with van der Waals surface area (Å²) in [6.07, 6.45) is 2.61. The third-order valence-electron chi connectivity index (χ3n) is 2.02. The Balaban J connectivity index is 1.76. The minimum atomic E-state index is 0.962. The van der Waals surface area contributed by atoms with Crippen LogP contribution in [0.15, 0.2) is 0 Å². The van der Waals surface area contributed by atoms with Gasteiger partial charge in [-0.25, -0.2) is 0 Å². The van der Waals surface area contributed by atoms with Crippen LogP contribution in [0.3, 0.4) is 0 Å². The number of hydrogen-bond donors (Lipinski definition) is 2. The second-order valence-electron chi connectivity index (χ2n) is 3.06. The lowest BCUT2D eigenvalue weighted by Crippen LogP contribution is -2.43. The van der Waals surface area contributed by atoms with Gasteiger partial charge in [0.15, 0.2) is 0 Å². The molecule has 0 unspecified atom stereocenters. The molecule has 1 fully saturated rings. The largest absolute Gasteiger partial charge is 0.317 e. The zero-order chi connectivity index (χ0) is 7.23. The first-order valence-electron chi connectivity index (χ1n) is 4.35. The van der Waals surface area contributed by atoms with E-state index in [0.717, 1.165) is 5.92 Å². The molecule has 1 saturated heterocycles. The Morgan fingerprint density at radius 2 is 2.20 bits per heavy atom. The quantitative estimate of drug-likeness (QED) is 0.549. The van der Waals surface area contributed by atoms with Crippen LogP contribution in [-0.2, 0) is 0 Å². The van der Waals surface area contributed by atoms with Gasteiger partial charge in [0, 0.05) is 0 Å². The third kappa shape index (κ3) is 2.67. The molecule has 0 spiro atoms. The molecule has 0 bridgehead atoms. The van der Waals surface area contributed by atoms with E-state index in [4.69, 9.17) is 0 Å². The molecule has 0 saturated carbocycles. The highest BCUT2D eigenvalue weighted by Gasteiger charge is 2.14. The molecular formula is C8H18N2. The minimum absolute atomic E-state index is 0.962. The molecule has 0 aliphatic carbocycles. The SMILES string of the molecule is CCCNCCC1CNC1. The Morgan fingerprint density at radius 1 is 1.40 bits per heavy atom. The van der Waals surface area contributed by atoms with E-state index < -0.39 is 0 Å². The van der Waals surface area contributed by atoms with E-state index in [1.807, 2.05) is 0 Å². The molecule has 60 valence electrons. The standard InChI is InChI=1S/C8H18N2/c1-2-4-9-5-3-8-6-10-7-8/h8-10H,2-7H2,1H3. The zero-order valence-corrected chi connectivity index (χ0v) is 6.82. The van der Waals surface area contributed by atoms with Crippen molar-refractivity contribution < 1.29 is 0 Å². The van der Waals surface area contributed by atoms with Crippen molar-refractivity contribution in [1.82, 2.24) is 10.6 Å². The van der Waals surface area contributed by atoms with Crippen LogP contribution in [0.4, 0.5) is 0 Å². The van der Waals surface area contributed by atoms with Crippen LogP contribution in [-0.4, -0.2) is 26.2 Å². The summed E-state index contributed by atoms with van der Waals surface area (Å²) in [6.45, 7) is 7.08. The van der Waals surface area contributed by atoms with Crippen molar-refractivity contribution in [3.63, 3.8) is 0 Å². The van der Waals surface area contributed by atoms with E-state index in [0.29, 0.717) is 0 Å². The lowest BCUT2D eigenvalue weighted by Gasteiger charge is -2.26. The summed E-state index contributed by atoms with van der Waals surface area (Å²) in [7, 11) is 0. The lowest BCUT2D eigenvalue weighted by molar-refractivity contribution is 0.323. The molecule has 2 nitrogen and oxygen atoms in total. The van der Waals surface area contributed by atoms with Crippen molar-refractivity contribution >= 4 is 0 Å². The fourth-order valence-electron chi connectivity index (χ4n) is 1.16. The first-order chi connectivity index (χ1) is 4.93. The lowest BCUT2D eigenvalue weighted by atomic mass is 10.00. The van der Waals surface area contributed by atoms with Gasteiger partial charge in [-0.05, 0) is 44.9 Å². The van der Waals surface area contributed by atoms with Gasteiger partial charge in [-0.1, -0.05) is 6.92 Å². The van der Waals surface area contributed by atoms with Gasteiger partial charge in [-0.2, -0.15) is 0 Å². The summed E-state index contributed by atoms with van der Waals surface area (Å²) >= 11 is 0.